The predicted molar refractivity (Wildman–Crippen MR) is 64.6 cm³/mol. The predicted octanol–water partition coefficient (Wildman–Crippen LogP) is 3.29. The molecule has 0 N–H and O–H groups in total. The van der Waals surface area contributed by atoms with Crippen LogP contribution in [0.15, 0.2) is 21.5 Å². The summed E-state index contributed by atoms with van der Waals surface area (Å²) in [6.45, 7) is 1.71. The van der Waals surface area contributed by atoms with E-state index in [9.17, 15) is 8.42 Å². The van der Waals surface area contributed by atoms with Gasteiger partial charge in [-0.1, -0.05) is 6.07 Å². The molecule has 0 saturated heterocycles. The molecule has 0 unspecified atom stereocenters. The summed E-state index contributed by atoms with van der Waals surface area (Å²) in [5.74, 6) is 0. The van der Waals surface area contributed by atoms with Gasteiger partial charge >= 0.3 is 0 Å². The van der Waals surface area contributed by atoms with Crippen LogP contribution in [0, 0.1) is 10.5 Å². The Morgan fingerprint density at radius 3 is 2.38 bits per heavy atom. The quantitative estimate of drug-likeness (QED) is 0.540. The summed E-state index contributed by atoms with van der Waals surface area (Å²) in [7, 11) is 1.64. The Labute approximate surface area is 103 Å². The number of benzene rings is 1. The van der Waals surface area contributed by atoms with Gasteiger partial charge in [-0.15, -0.1) is 0 Å². The van der Waals surface area contributed by atoms with E-state index in [0.717, 1.165) is 4.47 Å². The van der Waals surface area contributed by atoms with Crippen LogP contribution in [0.1, 0.15) is 5.56 Å². The number of aryl methyl sites for hydroxylation is 1. The fraction of sp³-hybridized carbons (Fsp3) is 0.143. The molecular formula is C7H5BrClIO2S. The Morgan fingerprint density at radius 1 is 1.46 bits per heavy atom. The molecule has 1 rings (SSSR count). The maximum absolute atomic E-state index is 11.2. The van der Waals surface area contributed by atoms with E-state index < -0.39 is 9.05 Å². The lowest BCUT2D eigenvalue weighted by Gasteiger charge is -2.05. The zero-order valence-electron chi connectivity index (χ0n) is 6.51. The molecule has 0 aromatic heterocycles. The zero-order chi connectivity index (χ0) is 10.2. The van der Waals surface area contributed by atoms with Gasteiger partial charge in [0.25, 0.3) is 9.05 Å². The second kappa shape index (κ2) is 4.04. The summed E-state index contributed by atoms with van der Waals surface area (Å²) in [6.07, 6.45) is 0. The van der Waals surface area contributed by atoms with Crippen molar-refractivity contribution in [3.05, 3.63) is 25.7 Å². The fourth-order valence-corrected chi connectivity index (χ4v) is 4.63. The standard InChI is InChI=1S/C7H5BrClIO2S/c1-4-2-3-5(8)6(10)7(4)13(9,11)12/h2-3H,1H3. The zero-order valence-corrected chi connectivity index (χ0v) is 11.8. The van der Waals surface area contributed by atoms with Crippen molar-refractivity contribution in [2.75, 3.05) is 0 Å². The minimum Gasteiger partial charge on any atom is -0.207 e. The molecule has 2 nitrogen and oxygen atoms in total. The average molecular weight is 395 g/mol. The summed E-state index contributed by atoms with van der Waals surface area (Å²) in [4.78, 5) is 0.184. The number of hydrogen-bond donors (Lipinski definition) is 0. The fourth-order valence-electron chi connectivity index (χ4n) is 0.928. The molecular weight excluding hydrogens is 390 g/mol. The summed E-state index contributed by atoms with van der Waals surface area (Å²) < 4.78 is 23.7. The molecule has 72 valence electrons. The molecule has 0 radical (unpaired) electrons. The van der Waals surface area contributed by atoms with E-state index in [4.69, 9.17) is 10.7 Å². The van der Waals surface area contributed by atoms with Crippen molar-refractivity contribution in [1.82, 2.24) is 0 Å². The van der Waals surface area contributed by atoms with Crippen LogP contribution in [0.3, 0.4) is 0 Å². The van der Waals surface area contributed by atoms with Crippen LogP contribution in [0.25, 0.3) is 0 Å². The van der Waals surface area contributed by atoms with Gasteiger partial charge in [-0.2, -0.15) is 0 Å². The highest BCUT2D eigenvalue weighted by Crippen LogP contribution is 2.30. The first-order valence-electron chi connectivity index (χ1n) is 3.23. The van der Waals surface area contributed by atoms with Crippen molar-refractivity contribution in [2.24, 2.45) is 0 Å². The summed E-state index contributed by atoms with van der Waals surface area (Å²) in [5.41, 5.74) is 0.655. The first kappa shape index (κ1) is 11.7. The molecule has 0 spiro atoms. The molecule has 0 heterocycles. The molecule has 0 amide bonds. The Morgan fingerprint density at radius 2 is 2.00 bits per heavy atom. The minimum atomic E-state index is -3.65. The second-order valence-electron chi connectivity index (χ2n) is 2.45. The first-order chi connectivity index (χ1) is 5.84. The highest BCUT2D eigenvalue weighted by molar-refractivity contribution is 14.1. The van der Waals surface area contributed by atoms with Gasteiger partial charge in [-0.25, -0.2) is 8.42 Å². The molecule has 0 saturated carbocycles. The van der Waals surface area contributed by atoms with Crippen molar-refractivity contribution in [3.8, 4) is 0 Å². The van der Waals surface area contributed by atoms with Crippen molar-refractivity contribution in [1.29, 1.82) is 0 Å². The van der Waals surface area contributed by atoms with Gasteiger partial charge in [-0.05, 0) is 57.1 Å². The molecule has 0 atom stereocenters. The topological polar surface area (TPSA) is 34.1 Å². The van der Waals surface area contributed by atoms with Gasteiger partial charge in [0.05, 0.1) is 4.90 Å². The van der Waals surface area contributed by atoms with Crippen LogP contribution >= 0.6 is 49.2 Å². The van der Waals surface area contributed by atoms with Crippen molar-refractivity contribution in [3.63, 3.8) is 0 Å². The summed E-state index contributed by atoms with van der Waals surface area (Å²) in [5, 5.41) is 0. The van der Waals surface area contributed by atoms with Crippen molar-refractivity contribution < 1.29 is 8.42 Å². The van der Waals surface area contributed by atoms with Gasteiger partial charge in [0.2, 0.25) is 0 Å². The summed E-state index contributed by atoms with van der Waals surface area (Å²) >= 11 is 5.19. The molecule has 6 heteroatoms. The van der Waals surface area contributed by atoms with Gasteiger partial charge in [-0.3, -0.25) is 0 Å². The third-order valence-corrected chi connectivity index (χ3v) is 5.86. The Bertz CT molecular complexity index is 444. The lowest BCUT2D eigenvalue weighted by atomic mass is 10.2. The molecule has 0 bridgehead atoms. The first-order valence-corrected chi connectivity index (χ1v) is 7.41. The third-order valence-electron chi connectivity index (χ3n) is 1.49. The number of rotatable bonds is 1. The van der Waals surface area contributed by atoms with E-state index >= 15 is 0 Å². The highest BCUT2D eigenvalue weighted by atomic mass is 127. The minimum absolute atomic E-state index is 0.184. The maximum Gasteiger partial charge on any atom is 0.262 e. The largest absolute Gasteiger partial charge is 0.262 e. The van der Waals surface area contributed by atoms with Crippen LogP contribution < -0.4 is 0 Å². The lowest BCUT2D eigenvalue weighted by molar-refractivity contribution is 0.608. The van der Waals surface area contributed by atoms with Gasteiger partial charge in [0, 0.05) is 18.7 Å². The molecule has 0 aliphatic heterocycles. The van der Waals surface area contributed by atoms with Crippen LogP contribution in [0.5, 0.6) is 0 Å². The second-order valence-corrected chi connectivity index (χ2v) is 6.88. The van der Waals surface area contributed by atoms with Crippen molar-refractivity contribution >= 4 is 58.3 Å². The van der Waals surface area contributed by atoms with Crippen LogP contribution in [0.4, 0.5) is 0 Å². The molecule has 0 aliphatic rings. The van der Waals surface area contributed by atoms with Gasteiger partial charge in [0.15, 0.2) is 0 Å². The van der Waals surface area contributed by atoms with E-state index in [1.807, 2.05) is 22.6 Å². The maximum atomic E-state index is 11.2. The Hall–Kier alpha value is 0.670. The SMILES string of the molecule is Cc1ccc(Br)c(I)c1S(=O)(=O)Cl. The van der Waals surface area contributed by atoms with E-state index in [-0.39, 0.29) is 4.90 Å². The molecule has 13 heavy (non-hydrogen) atoms. The number of halogens is 3. The van der Waals surface area contributed by atoms with Crippen LogP contribution in [-0.4, -0.2) is 8.42 Å². The van der Waals surface area contributed by atoms with E-state index in [2.05, 4.69) is 15.9 Å². The normalized spacial score (nSPS) is 11.7. The Balaban J connectivity index is 3.62. The van der Waals surface area contributed by atoms with Crippen LogP contribution in [-0.2, 0) is 9.05 Å². The van der Waals surface area contributed by atoms with Crippen molar-refractivity contribution in [2.45, 2.75) is 11.8 Å². The third kappa shape index (κ3) is 2.57. The average Bonchev–Trinajstić information content (AvgIpc) is 1.95. The van der Waals surface area contributed by atoms with E-state index in [1.165, 1.54) is 0 Å². The molecule has 1 aromatic carbocycles. The lowest BCUT2D eigenvalue weighted by Crippen LogP contribution is -1.98. The number of hydrogen-bond acceptors (Lipinski definition) is 2. The monoisotopic (exact) mass is 394 g/mol. The van der Waals surface area contributed by atoms with Crippen LogP contribution in [0.2, 0.25) is 0 Å². The summed E-state index contributed by atoms with van der Waals surface area (Å²) in [6, 6.07) is 3.50. The molecule has 0 aliphatic carbocycles. The van der Waals surface area contributed by atoms with Gasteiger partial charge < -0.3 is 0 Å². The molecule has 0 fully saturated rings. The molecule has 1 aromatic rings. The van der Waals surface area contributed by atoms with Gasteiger partial charge in [0.1, 0.15) is 0 Å². The highest BCUT2D eigenvalue weighted by Gasteiger charge is 2.18. The van der Waals surface area contributed by atoms with E-state index in [0.29, 0.717) is 9.13 Å². The Kier molecular flexibility index (Phi) is 3.65. The van der Waals surface area contributed by atoms with E-state index in [1.54, 1.807) is 19.1 Å². The smallest absolute Gasteiger partial charge is 0.207 e.